The maximum atomic E-state index is 9.86. The first-order valence-electron chi connectivity index (χ1n) is 22.1. The Morgan fingerprint density at radius 1 is 0.333 bits per heavy atom. The molecule has 238 valence electrons. The third-order valence-electron chi connectivity index (χ3n) is 9.45. The highest BCUT2D eigenvalue weighted by Crippen LogP contribution is 2.49. The SMILES string of the molecule is [2H]c1c([2H])c([2H])c2c(oc3c([2H])c([2H])c(-c4c(-c5ccccc5)cc(-c5c6ccccc6c(-c6ccccc6)c6c([2H])c([2H])c([2H])c([2H])c56)cc4-c4ccccc4)c([2H])c32)c1[2H]. The highest BCUT2D eigenvalue weighted by molar-refractivity contribution is 6.22. The van der Waals surface area contributed by atoms with Crippen LogP contribution in [0.2, 0.25) is 0 Å². The Kier molecular flexibility index (Phi) is 4.73. The first kappa shape index (κ1) is 20.1. The summed E-state index contributed by atoms with van der Waals surface area (Å²) in [5, 5.41) is 2.16. The van der Waals surface area contributed by atoms with Crippen LogP contribution >= 0.6 is 0 Å². The first-order valence-corrected chi connectivity index (χ1v) is 16.6. The Hall–Kier alpha value is -6.70. The molecule has 1 aromatic heterocycles. The van der Waals surface area contributed by atoms with Gasteiger partial charge in [-0.15, -0.1) is 0 Å². The quantitative estimate of drug-likeness (QED) is 0.168. The second kappa shape index (κ2) is 12.0. The Bertz CT molecular complexity index is 3450. The normalized spacial score (nSPS) is 14.5. The second-order valence-corrected chi connectivity index (χ2v) is 12.4. The van der Waals surface area contributed by atoms with Crippen molar-refractivity contribution in [1.29, 1.82) is 0 Å². The van der Waals surface area contributed by atoms with Gasteiger partial charge in [-0.2, -0.15) is 0 Å². The molecule has 10 aromatic rings. The lowest BCUT2D eigenvalue weighted by Gasteiger charge is -2.22. The highest BCUT2D eigenvalue weighted by Gasteiger charge is 2.22. The van der Waals surface area contributed by atoms with E-state index in [1.165, 1.54) is 0 Å². The second-order valence-electron chi connectivity index (χ2n) is 12.4. The highest BCUT2D eigenvalue weighted by atomic mass is 16.3. The zero-order valence-electron chi connectivity index (χ0n) is 38.0. The van der Waals surface area contributed by atoms with Crippen LogP contribution < -0.4 is 0 Å². The largest absolute Gasteiger partial charge is 0.456 e. The third kappa shape index (κ3) is 4.86. The number of fused-ring (bicyclic) bond motifs is 5. The summed E-state index contributed by atoms with van der Waals surface area (Å²) in [6.07, 6.45) is 0. The van der Waals surface area contributed by atoms with Crippen molar-refractivity contribution in [3.63, 3.8) is 0 Å². The van der Waals surface area contributed by atoms with Crippen LogP contribution in [-0.2, 0) is 0 Å². The van der Waals surface area contributed by atoms with Crippen LogP contribution in [0.5, 0.6) is 0 Å². The molecule has 0 fully saturated rings. The fourth-order valence-electron chi connectivity index (χ4n) is 7.26. The topological polar surface area (TPSA) is 13.1 Å². The molecule has 0 saturated heterocycles. The van der Waals surface area contributed by atoms with Crippen LogP contribution in [-0.4, -0.2) is 0 Å². The summed E-state index contributed by atoms with van der Waals surface area (Å²) in [7, 11) is 0. The van der Waals surface area contributed by atoms with Gasteiger partial charge in [0.05, 0.1) is 15.1 Å². The van der Waals surface area contributed by atoms with Crippen molar-refractivity contribution in [3.05, 3.63) is 194 Å². The molecule has 0 unspecified atom stereocenters. The molecule has 0 aliphatic rings. The molecule has 1 heteroatoms. The van der Waals surface area contributed by atoms with Gasteiger partial charge in [0.2, 0.25) is 0 Å². The minimum absolute atomic E-state index is 0.00501. The Labute approximate surface area is 312 Å². The minimum Gasteiger partial charge on any atom is -0.456 e. The summed E-state index contributed by atoms with van der Waals surface area (Å²) in [4.78, 5) is 0. The molecule has 0 atom stereocenters. The summed E-state index contributed by atoms with van der Waals surface area (Å²) >= 11 is 0. The number of benzene rings is 9. The van der Waals surface area contributed by atoms with E-state index in [-0.39, 0.29) is 69.8 Å². The van der Waals surface area contributed by atoms with Crippen LogP contribution in [0, 0.1) is 0 Å². The average Bonchev–Trinajstić information content (AvgIpc) is 3.72. The Morgan fingerprint density at radius 2 is 0.804 bits per heavy atom. The lowest BCUT2D eigenvalue weighted by molar-refractivity contribution is 0.669. The number of rotatable bonds is 5. The predicted octanol–water partition coefficient (Wildman–Crippen LogP) is 14.2. The molecular formula is C50H32O. The van der Waals surface area contributed by atoms with E-state index in [4.69, 9.17) is 12.6 Å². The van der Waals surface area contributed by atoms with E-state index in [1.54, 1.807) is 0 Å². The zero-order chi connectivity index (χ0) is 43.3. The van der Waals surface area contributed by atoms with Crippen LogP contribution in [0.1, 0.15) is 15.1 Å². The number of furan rings is 1. The van der Waals surface area contributed by atoms with Crippen molar-refractivity contribution in [2.45, 2.75) is 0 Å². The molecule has 1 heterocycles. The summed E-state index contributed by atoms with van der Waals surface area (Å²) in [6.45, 7) is 0. The van der Waals surface area contributed by atoms with Gasteiger partial charge in [-0.3, -0.25) is 0 Å². The first-order chi connectivity index (χ1) is 29.9. The molecule has 0 radical (unpaired) electrons. The van der Waals surface area contributed by atoms with Crippen molar-refractivity contribution in [2.75, 3.05) is 0 Å². The summed E-state index contributed by atoms with van der Waals surface area (Å²) < 4.78 is 105. The van der Waals surface area contributed by atoms with Crippen molar-refractivity contribution < 1.29 is 19.5 Å². The van der Waals surface area contributed by atoms with Gasteiger partial charge in [0.25, 0.3) is 0 Å². The van der Waals surface area contributed by atoms with Gasteiger partial charge in [-0.25, -0.2) is 0 Å². The molecule has 0 bridgehead atoms. The lowest BCUT2D eigenvalue weighted by atomic mass is 9.81. The number of para-hydroxylation sites is 1. The molecule has 51 heavy (non-hydrogen) atoms. The van der Waals surface area contributed by atoms with Crippen molar-refractivity contribution in [3.8, 4) is 55.6 Å². The Balaban J connectivity index is 1.43. The molecule has 0 saturated carbocycles. The van der Waals surface area contributed by atoms with Crippen LogP contribution in [0.4, 0.5) is 0 Å². The van der Waals surface area contributed by atoms with Crippen molar-refractivity contribution in [1.82, 2.24) is 0 Å². The predicted molar refractivity (Wildman–Crippen MR) is 216 cm³/mol. The molecular weight excluding hydrogens is 617 g/mol. The van der Waals surface area contributed by atoms with Gasteiger partial charge in [0.1, 0.15) is 11.2 Å². The maximum Gasteiger partial charge on any atom is 0.135 e. The van der Waals surface area contributed by atoms with E-state index in [0.29, 0.717) is 55.3 Å². The standard InChI is InChI=1S/C50H32O/c1-4-16-33(17-5-1)43-31-37(50-41-25-12-10-23-39(41)48(35-20-8-3-9-21-35)40-24-11-13-26-42(40)50)32-44(34-18-6-2-7-19-34)49(43)36-28-29-47-45(30-36)38-22-14-15-27-46(38)51-47/h1-32H/i10D,12D,14D,15D,22D,23D,25D,27D,28D,29D,30D. The van der Waals surface area contributed by atoms with Crippen LogP contribution in [0.15, 0.2) is 198 Å². The van der Waals surface area contributed by atoms with Crippen LogP contribution in [0.25, 0.3) is 99.1 Å². The number of hydrogen-bond donors (Lipinski definition) is 0. The van der Waals surface area contributed by atoms with E-state index in [2.05, 4.69) is 0 Å². The maximum absolute atomic E-state index is 9.86. The van der Waals surface area contributed by atoms with Crippen molar-refractivity contribution in [2.24, 2.45) is 0 Å². The Morgan fingerprint density at radius 3 is 1.39 bits per heavy atom. The fourth-order valence-corrected chi connectivity index (χ4v) is 7.26. The van der Waals surface area contributed by atoms with Gasteiger partial charge in [0.15, 0.2) is 0 Å². The minimum atomic E-state index is -0.513. The molecule has 0 aliphatic heterocycles. The molecule has 0 aliphatic carbocycles. The van der Waals surface area contributed by atoms with E-state index >= 15 is 0 Å². The fraction of sp³-hybridized carbons (Fsp3) is 0. The van der Waals surface area contributed by atoms with Crippen LogP contribution in [0.3, 0.4) is 0 Å². The molecule has 9 aromatic carbocycles. The molecule has 0 N–H and O–H groups in total. The monoisotopic (exact) mass is 659 g/mol. The van der Waals surface area contributed by atoms with Gasteiger partial charge in [0, 0.05) is 10.8 Å². The summed E-state index contributed by atoms with van der Waals surface area (Å²) in [5.41, 5.74) is 5.23. The van der Waals surface area contributed by atoms with E-state index in [0.717, 1.165) is 16.3 Å². The van der Waals surface area contributed by atoms with Gasteiger partial charge in [-0.05, 0) is 107 Å². The summed E-state index contributed by atoms with van der Waals surface area (Å²) in [6, 6.07) is 35.9. The van der Waals surface area contributed by atoms with E-state index < -0.39 is 24.2 Å². The molecule has 10 rings (SSSR count). The van der Waals surface area contributed by atoms with E-state index in [9.17, 15) is 6.85 Å². The zero-order valence-corrected chi connectivity index (χ0v) is 27.0. The van der Waals surface area contributed by atoms with Crippen molar-refractivity contribution >= 4 is 43.5 Å². The smallest absolute Gasteiger partial charge is 0.135 e. The number of hydrogen-bond acceptors (Lipinski definition) is 1. The molecule has 0 spiro atoms. The molecule has 1 nitrogen and oxygen atoms in total. The summed E-state index contributed by atoms with van der Waals surface area (Å²) in [5.74, 6) is 0. The van der Waals surface area contributed by atoms with Gasteiger partial charge in [-0.1, -0.05) is 164 Å². The van der Waals surface area contributed by atoms with Gasteiger partial charge < -0.3 is 4.42 Å². The van der Waals surface area contributed by atoms with Gasteiger partial charge >= 0.3 is 0 Å². The lowest BCUT2D eigenvalue weighted by Crippen LogP contribution is -1.95. The average molecular weight is 660 g/mol. The third-order valence-corrected chi connectivity index (χ3v) is 9.45. The molecule has 0 amide bonds. The van der Waals surface area contributed by atoms with E-state index in [1.807, 2.05) is 127 Å².